The van der Waals surface area contributed by atoms with Crippen LogP contribution in [0.3, 0.4) is 0 Å². The summed E-state index contributed by atoms with van der Waals surface area (Å²) < 4.78 is 15.7. The van der Waals surface area contributed by atoms with Crippen molar-refractivity contribution in [3.05, 3.63) is 78.4 Å². The third-order valence-corrected chi connectivity index (χ3v) is 4.58. The van der Waals surface area contributed by atoms with Gasteiger partial charge < -0.3 is 24.8 Å². The molecule has 0 spiro atoms. The van der Waals surface area contributed by atoms with E-state index in [1.54, 1.807) is 79.7 Å². The molecule has 3 aromatic carbocycles. The molecule has 0 atom stereocenters. The zero-order valence-corrected chi connectivity index (χ0v) is 19.5. The zero-order valence-electron chi connectivity index (χ0n) is 19.5. The van der Waals surface area contributed by atoms with Crippen LogP contribution in [0.15, 0.2) is 72.8 Å². The Balaban J connectivity index is 1.48. The Kier molecular flexibility index (Phi) is 9.07. The Morgan fingerprint density at radius 2 is 1.37 bits per heavy atom. The van der Waals surface area contributed by atoms with Crippen LogP contribution in [0.2, 0.25) is 0 Å². The minimum atomic E-state index is -0.570. The predicted molar refractivity (Wildman–Crippen MR) is 133 cm³/mol. The van der Waals surface area contributed by atoms with E-state index in [9.17, 15) is 14.4 Å². The molecule has 3 N–H and O–H groups in total. The number of nitrogens with one attached hydrogen (secondary N) is 3. The average Bonchev–Trinajstić information content (AvgIpc) is 2.85. The van der Waals surface area contributed by atoms with Crippen LogP contribution in [0.5, 0.6) is 11.5 Å². The Morgan fingerprint density at radius 1 is 0.686 bits per heavy atom. The van der Waals surface area contributed by atoms with Crippen LogP contribution >= 0.6 is 0 Å². The highest BCUT2D eigenvalue weighted by Gasteiger charge is 2.09. The number of carbonyl (C=O) groups excluding carboxylic acids is 3. The molecule has 0 aliphatic carbocycles. The lowest BCUT2D eigenvalue weighted by Crippen LogP contribution is -2.20. The normalized spacial score (nSPS) is 10.1. The smallest absolute Gasteiger partial charge is 0.411 e. The molecule has 3 amide bonds. The number of amides is 3. The van der Waals surface area contributed by atoms with Crippen LogP contribution in [0.1, 0.15) is 24.2 Å². The molecule has 0 saturated heterocycles. The third kappa shape index (κ3) is 8.08. The van der Waals surface area contributed by atoms with Gasteiger partial charge in [-0.3, -0.25) is 14.9 Å². The molecule has 0 aromatic heterocycles. The fraction of sp³-hybridized carbons (Fsp3) is 0.192. The van der Waals surface area contributed by atoms with Crippen molar-refractivity contribution < 1.29 is 28.6 Å². The van der Waals surface area contributed by atoms with E-state index in [1.165, 1.54) is 0 Å². The number of rotatable bonds is 10. The van der Waals surface area contributed by atoms with Crippen molar-refractivity contribution in [2.45, 2.75) is 13.8 Å². The highest BCUT2D eigenvalue weighted by Crippen LogP contribution is 2.19. The number of anilines is 3. The lowest BCUT2D eigenvalue weighted by molar-refractivity contribution is -0.118. The van der Waals surface area contributed by atoms with E-state index in [0.29, 0.717) is 35.0 Å². The van der Waals surface area contributed by atoms with Crippen molar-refractivity contribution in [1.82, 2.24) is 0 Å². The van der Waals surface area contributed by atoms with Gasteiger partial charge in [0.15, 0.2) is 6.61 Å². The van der Waals surface area contributed by atoms with Crippen molar-refractivity contribution >= 4 is 35.0 Å². The molecule has 9 nitrogen and oxygen atoms in total. The van der Waals surface area contributed by atoms with Crippen molar-refractivity contribution in [2.75, 3.05) is 35.8 Å². The standard InChI is InChI=1S/C26H27N3O6/c1-3-33-22-14-12-20(13-15-22)28-25(31)18-8-10-19(11-9-18)27-24(30)17-35-23-7-5-6-21(16-23)29-26(32)34-4-2/h5-16H,3-4,17H2,1-2H3,(H,27,30)(H,28,31)(H,29,32). The molecule has 0 aliphatic rings. The Bertz CT molecular complexity index is 1150. The van der Waals surface area contributed by atoms with Crippen molar-refractivity contribution in [3.63, 3.8) is 0 Å². The molecule has 0 saturated carbocycles. The van der Waals surface area contributed by atoms with E-state index in [0.717, 1.165) is 5.75 Å². The summed E-state index contributed by atoms with van der Waals surface area (Å²) in [6.07, 6.45) is -0.570. The first-order valence-corrected chi connectivity index (χ1v) is 11.1. The molecular weight excluding hydrogens is 450 g/mol. The van der Waals surface area contributed by atoms with E-state index in [-0.39, 0.29) is 25.0 Å². The summed E-state index contributed by atoms with van der Waals surface area (Å²) in [5.41, 5.74) is 2.10. The monoisotopic (exact) mass is 477 g/mol. The van der Waals surface area contributed by atoms with Crippen LogP contribution in [-0.4, -0.2) is 37.7 Å². The SMILES string of the molecule is CCOC(=O)Nc1cccc(OCC(=O)Nc2ccc(C(=O)Nc3ccc(OCC)cc3)cc2)c1. The summed E-state index contributed by atoms with van der Waals surface area (Å²) in [5.74, 6) is 0.499. The summed E-state index contributed by atoms with van der Waals surface area (Å²) in [5, 5.41) is 8.09. The van der Waals surface area contributed by atoms with Gasteiger partial charge in [-0.25, -0.2) is 4.79 Å². The molecular formula is C26H27N3O6. The van der Waals surface area contributed by atoms with Gasteiger partial charge in [0.05, 0.1) is 13.2 Å². The van der Waals surface area contributed by atoms with Crippen molar-refractivity contribution in [2.24, 2.45) is 0 Å². The second-order valence-corrected chi connectivity index (χ2v) is 7.20. The molecule has 0 bridgehead atoms. The van der Waals surface area contributed by atoms with E-state index in [4.69, 9.17) is 14.2 Å². The van der Waals surface area contributed by atoms with Gasteiger partial charge in [-0.05, 0) is 74.5 Å². The quantitative estimate of drug-likeness (QED) is 0.382. The highest BCUT2D eigenvalue weighted by atomic mass is 16.5. The van der Waals surface area contributed by atoms with Crippen LogP contribution in [0.4, 0.5) is 21.9 Å². The van der Waals surface area contributed by atoms with Gasteiger partial charge in [-0.1, -0.05) is 6.07 Å². The molecule has 35 heavy (non-hydrogen) atoms. The van der Waals surface area contributed by atoms with Gasteiger partial charge in [0.2, 0.25) is 0 Å². The Labute approximate surface area is 203 Å². The first-order valence-electron chi connectivity index (χ1n) is 11.1. The summed E-state index contributed by atoms with van der Waals surface area (Å²) in [4.78, 5) is 36.2. The molecule has 0 aliphatic heterocycles. The fourth-order valence-corrected chi connectivity index (χ4v) is 3.00. The molecule has 0 heterocycles. The number of hydrogen-bond acceptors (Lipinski definition) is 6. The number of benzene rings is 3. The maximum atomic E-state index is 12.5. The van der Waals surface area contributed by atoms with E-state index < -0.39 is 6.09 Å². The third-order valence-electron chi connectivity index (χ3n) is 4.58. The van der Waals surface area contributed by atoms with Crippen LogP contribution in [0, 0.1) is 0 Å². The molecule has 0 radical (unpaired) electrons. The number of carbonyl (C=O) groups is 3. The van der Waals surface area contributed by atoms with Gasteiger partial charge >= 0.3 is 6.09 Å². The van der Waals surface area contributed by atoms with Gasteiger partial charge in [0.1, 0.15) is 11.5 Å². The maximum Gasteiger partial charge on any atom is 0.411 e. The largest absolute Gasteiger partial charge is 0.494 e. The van der Waals surface area contributed by atoms with Gasteiger partial charge in [0.25, 0.3) is 11.8 Å². The van der Waals surface area contributed by atoms with Gasteiger partial charge in [0, 0.05) is 28.7 Å². The Hall–Kier alpha value is -4.53. The molecule has 0 fully saturated rings. The lowest BCUT2D eigenvalue weighted by Gasteiger charge is -2.10. The first kappa shape index (κ1) is 25.1. The van der Waals surface area contributed by atoms with Crippen molar-refractivity contribution in [3.8, 4) is 11.5 Å². The second kappa shape index (κ2) is 12.6. The van der Waals surface area contributed by atoms with Crippen LogP contribution < -0.4 is 25.4 Å². The molecule has 182 valence electrons. The molecule has 3 rings (SSSR count). The summed E-state index contributed by atoms with van der Waals surface area (Å²) >= 11 is 0. The molecule has 0 unspecified atom stereocenters. The summed E-state index contributed by atoms with van der Waals surface area (Å²) in [6.45, 7) is 4.21. The van der Waals surface area contributed by atoms with E-state index >= 15 is 0 Å². The van der Waals surface area contributed by atoms with Gasteiger partial charge in [-0.2, -0.15) is 0 Å². The van der Waals surface area contributed by atoms with Crippen LogP contribution in [0.25, 0.3) is 0 Å². The second-order valence-electron chi connectivity index (χ2n) is 7.20. The van der Waals surface area contributed by atoms with Crippen molar-refractivity contribution in [1.29, 1.82) is 0 Å². The zero-order chi connectivity index (χ0) is 25.0. The first-order chi connectivity index (χ1) is 17.0. The molecule has 3 aromatic rings. The maximum absolute atomic E-state index is 12.5. The van der Waals surface area contributed by atoms with E-state index in [2.05, 4.69) is 16.0 Å². The summed E-state index contributed by atoms with van der Waals surface area (Å²) in [6, 6.07) is 20.2. The minimum absolute atomic E-state index is 0.233. The predicted octanol–water partition coefficient (Wildman–Crippen LogP) is 4.92. The van der Waals surface area contributed by atoms with E-state index in [1.807, 2.05) is 6.92 Å². The lowest BCUT2D eigenvalue weighted by atomic mass is 10.2. The number of hydrogen-bond donors (Lipinski definition) is 3. The van der Waals surface area contributed by atoms with Crippen LogP contribution in [-0.2, 0) is 9.53 Å². The fourth-order valence-electron chi connectivity index (χ4n) is 3.00. The highest BCUT2D eigenvalue weighted by molar-refractivity contribution is 6.04. The minimum Gasteiger partial charge on any atom is -0.494 e. The Morgan fingerprint density at radius 3 is 2.06 bits per heavy atom. The average molecular weight is 478 g/mol. The summed E-state index contributed by atoms with van der Waals surface area (Å²) in [7, 11) is 0. The molecule has 9 heteroatoms. The number of ether oxygens (including phenoxy) is 3. The van der Waals surface area contributed by atoms with Gasteiger partial charge in [-0.15, -0.1) is 0 Å². The topological polar surface area (TPSA) is 115 Å².